The Labute approximate surface area is 138 Å². The van der Waals surface area contributed by atoms with E-state index >= 15 is 0 Å². The van der Waals surface area contributed by atoms with Crippen LogP contribution in [0, 0.1) is 0 Å². The topological polar surface area (TPSA) is 40.1 Å². The Morgan fingerprint density at radius 1 is 0.714 bits per heavy atom. The third-order valence-corrected chi connectivity index (χ3v) is 20.4. The first-order valence-electron chi connectivity index (χ1n) is 9.15. The first-order chi connectivity index (χ1) is 9.97. The van der Waals surface area contributed by atoms with E-state index in [1.54, 1.807) is 17.7 Å². The van der Waals surface area contributed by atoms with Crippen molar-refractivity contribution in [1.82, 2.24) is 0 Å². The van der Waals surface area contributed by atoms with Crippen LogP contribution < -0.4 is 5.11 Å². The molecule has 0 aromatic rings. The maximum absolute atomic E-state index is 8.89. The van der Waals surface area contributed by atoms with E-state index in [9.17, 15) is 0 Å². The molecule has 0 aromatic heterocycles. The van der Waals surface area contributed by atoms with Gasteiger partial charge < -0.3 is 9.90 Å². The van der Waals surface area contributed by atoms with Crippen LogP contribution in [0.2, 0.25) is 17.7 Å². The minimum absolute atomic E-state index is 0.972. The molecule has 0 radical (unpaired) electrons. The minimum atomic E-state index is -1.69. The second-order valence-electron chi connectivity index (χ2n) is 6.41. The fraction of sp³-hybridized carbons (Fsp3) is 0.944. The Hall–Kier alpha value is 0.269. The van der Waals surface area contributed by atoms with Gasteiger partial charge in [-0.15, -0.1) is 0 Å². The Morgan fingerprint density at radius 3 is 1.05 bits per heavy atom. The van der Waals surface area contributed by atoms with Crippen LogP contribution in [-0.4, -0.2) is 24.3 Å². The van der Waals surface area contributed by atoms with Gasteiger partial charge in [0.2, 0.25) is 0 Å². The predicted octanol–water partition coefficient (Wildman–Crippen LogP) is 5.39. The van der Waals surface area contributed by atoms with Crippen LogP contribution >= 0.6 is 0 Å². The molecule has 21 heavy (non-hydrogen) atoms. The number of carboxylic acids is 1. The van der Waals surface area contributed by atoms with Crippen LogP contribution in [-0.2, 0) is 4.79 Å². The zero-order valence-corrected chi connectivity index (χ0v) is 18.2. The second-order valence-corrected chi connectivity index (χ2v) is 20.7. The summed E-state index contributed by atoms with van der Waals surface area (Å²) in [5, 5.41) is 8.89. The SMILES string of the molecule is CC(=O)[O-].CCC[CH2][Sn]([CH2]CCC)([CH2]CCC)[CH2]CCC. The normalized spacial score (nSPS) is 10.9. The fourth-order valence-electron chi connectivity index (χ4n) is 2.96. The number of carbonyl (C=O) groups is 1. The molecule has 0 atom stereocenters. The average Bonchev–Trinajstić information content (AvgIpc) is 2.45. The van der Waals surface area contributed by atoms with Crippen molar-refractivity contribution in [3.63, 3.8) is 0 Å². The van der Waals surface area contributed by atoms with E-state index in [2.05, 4.69) is 27.7 Å². The van der Waals surface area contributed by atoms with Gasteiger partial charge >= 0.3 is 115 Å². The van der Waals surface area contributed by atoms with Crippen molar-refractivity contribution in [3.05, 3.63) is 0 Å². The van der Waals surface area contributed by atoms with Crippen LogP contribution in [0.5, 0.6) is 0 Å². The molecule has 0 saturated carbocycles. The van der Waals surface area contributed by atoms with Crippen molar-refractivity contribution in [3.8, 4) is 0 Å². The number of unbranched alkanes of at least 4 members (excludes halogenated alkanes) is 4. The van der Waals surface area contributed by atoms with Crippen molar-refractivity contribution >= 4 is 24.3 Å². The van der Waals surface area contributed by atoms with E-state index in [1.165, 1.54) is 51.4 Å². The van der Waals surface area contributed by atoms with Crippen molar-refractivity contribution in [1.29, 1.82) is 0 Å². The molecule has 0 unspecified atom stereocenters. The Kier molecular flexibility index (Phi) is 18.6. The fourth-order valence-corrected chi connectivity index (χ4v) is 19.8. The molecule has 0 heterocycles. The summed E-state index contributed by atoms with van der Waals surface area (Å²) in [5.74, 6) is -1.08. The molecule has 0 amide bonds. The zero-order chi connectivity index (χ0) is 16.6. The molecule has 2 nitrogen and oxygen atoms in total. The zero-order valence-electron chi connectivity index (χ0n) is 15.3. The van der Waals surface area contributed by atoms with Gasteiger partial charge in [0.05, 0.1) is 0 Å². The molecular weight excluding hydrogens is 367 g/mol. The van der Waals surface area contributed by atoms with Crippen molar-refractivity contribution in [2.75, 3.05) is 0 Å². The monoisotopic (exact) mass is 407 g/mol. The molecule has 0 aliphatic heterocycles. The number of rotatable bonds is 12. The molecule has 0 N–H and O–H groups in total. The molecule has 0 aliphatic rings. The molecule has 0 aliphatic carbocycles. The average molecular weight is 406 g/mol. The van der Waals surface area contributed by atoms with Gasteiger partial charge in [-0.2, -0.15) is 0 Å². The number of aliphatic carboxylic acids is 1. The first-order valence-corrected chi connectivity index (χ1v) is 17.2. The van der Waals surface area contributed by atoms with E-state index < -0.39 is 24.3 Å². The molecule has 0 spiro atoms. The van der Waals surface area contributed by atoms with Crippen LogP contribution in [0.25, 0.3) is 0 Å². The van der Waals surface area contributed by atoms with Gasteiger partial charge in [0.1, 0.15) is 0 Å². The molecule has 0 rings (SSSR count). The third-order valence-electron chi connectivity index (χ3n) is 4.24. The standard InChI is InChI=1S/4C4H9.C2H4O2.Sn/c4*1-3-4-2;1-2(3)4;/h4*1,3-4H2,2H3;1H3,(H,3,4);/p-1. The molecular formula is C18H39O2Sn-. The Morgan fingerprint density at radius 2 is 0.905 bits per heavy atom. The van der Waals surface area contributed by atoms with E-state index in [0.717, 1.165) is 6.92 Å². The summed E-state index contributed by atoms with van der Waals surface area (Å²) in [7, 11) is 0. The van der Waals surface area contributed by atoms with Gasteiger partial charge in [-0.25, -0.2) is 0 Å². The van der Waals surface area contributed by atoms with Gasteiger partial charge in [-0.3, -0.25) is 0 Å². The molecule has 0 fully saturated rings. The van der Waals surface area contributed by atoms with Crippen LogP contribution in [0.1, 0.15) is 86.0 Å². The summed E-state index contributed by atoms with van der Waals surface area (Å²) in [6, 6.07) is 0. The number of hydrogen-bond donors (Lipinski definition) is 0. The quantitative estimate of drug-likeness (QED) is 0.408. The van der Waals surface area contributed by atoms with E-state index in [-0.39, 0.29) is 0 Å². The van der Waals surface area contributed by atoms with Gasteiger partial charge in [-0.1, -0.05) is 0 Å². The summed E-state index contributed by atoms with van der Waals surface area (Å²) in [5.41, 5.74) is 0. The number of carbonyl (C=O) groups excluding carboxylic acids is 1. The van der Waals surface area contributed by atoms with Crippen molar-refractivity contribution < 1.29 is 9.90 Å². The molecule has 128 valence electrons. The molecule has 0 saturated heterocycles. The van der Waals surface area contributed by atoms with Gasteiger partial charge in [0.15, 0.2) is 0 Å². The molecule has 3 heteroatoms. The van der Waals surface area contributed by atoms with Crippen LogP contribution in [0.3, 0.4) is 0 Å². The summed E-state index contributed by atoms with van der Waals surface area (Å²) in [4.78, 5) is 8.89. The summed E-state index contributed by atoms with van der Waals surface area (Å²) in [6.45, 7) is 10.5. The summed E-state index contributed by atoms with van der Waals surface area (Å²) in [6.07, 6.45) is 11.8. The predicted molar refractivity (Wildman–Crippen MR) is 95.3 cm³/mol. The maximum atomic E-state index is 8.89. The van der Waals surface area contributed by atoms with Gasteiger partial charge in [0, 0.05) is 5.97 Å². The number of hydrogen-bond acceptors (Lipinski definition) is 2. The Bertz CT molecular complexity index is 188. The van der Waals surface area contributed by atoms with Crippen LogP contribution in [0.15, 0.2) is 0 Å². The van der Waals surface area contributed by atoms with Gasteiger partial charge in [-0.05, 0) is 6.92 Å². The third kappa shape index (κ3) is 16.5. The number of carboxylic acid groups (broad SMARTS) is 1. The summed E-state index contributed by atoms with van der Waals surface area (Å²) < 4.78 is 6.80. The van der Waals surface area contributed by atoms with E-state index in [4.69, 9.17) is 9.90 Å². The van der Waals surface area contributed by atoms with Gasteiger partial charge in [0.25, 0.3) is 0 Å². The van der Waals surface area contributed by atoms with Crippen LogP contribution in [0.4, 0.5) is 0 Å². The second kappa shape index (κ2) is 16.6. The van der Waals surface area contributed by atoms with E-state index in [0.29, 0.717) is 0 Å². The molecule has 0 bridgehead atoms. The van der Waals surface area contributed by atoms with Crippen molar-refractivity contribution in [2.24, 2.45) is 0 Å². The molecule has 0 aromatic carbocycles. The Balaban J connectivity index is 0. The van der Waals surface area contributed by atoms with Crippen molar-refractivity contribution in [2.45, 2.75) is 104 Å². The van der Waals surface area contributed by atoms with E-state index in [1.807, 2.05) is 0 Å². The first kappa shape index (κ1) is 23.5. The summed E-state index contributed by atoms with van der Waals surface area (Å²) >= 11 is -1.69.